The minimum atomic E-state index is -1.02. The first-order valence-electron chi connectivity index (χ1n) is 7.63. The second-order valence-corrected chi connectivity index (χ2v) is 6.74. The number of hydrogen-bond donors (Lipinski definition) is 1. The lowest BCUT2D eigenvalue weighted by molar-refractivity contribution is -0.145. The molecule has 0 aliphatic heterocycles. The van der Waals surface area contributed by atoms with Gasteiger partial charge >= 0.3 is 5.97 Å². The van der Waals surface area contributed by atoms with Gasteiger partial charge in [-0.1, -0.05) is 36.7 Å². The van der Waals surface area contributed by atoms with Crippen LogP contribution in [-0.4, -0.2) is 39.5 Å². The average molecular weight is 367 g/mol. The number of carbonyl (C=O) groups is 2. The highest BCUT2D eigenvalue weighted by atomic mass is 35.5. The van der Waals surface area contributed by atoms with Crippen LogP contribution in [0.5, 0.6) is 0 Å². The molecule has 0 saturated heterocycles. The van der Waals surface area contributed by atoms with Crippen LogP contribution < -0.4 is 0 Å². The molecule has 1 unspecified atom stereocenters. The number of carboxylic acids is 1. The van der Waals surface area contributed by atoms with Crippen molar-refractivity contribution in [1.82, 2.24) is 9.88 Å². The zero-order valence-corrected chi connectivity index (χ0v) is 15.1. The molecule has 0 fully saturated rings. The van der Waals surface area contributed by atoms with Crippen molar-refractivity contribution in [3.8, 4) is 10.6 Å². The van der Waals surface area contributed by atoms with E-state index < -0.39 is 5.97 Å². The molecule has 0 saturated carbocycles. The maximum Gasteiger partial charge on any atom is 0.323 e. The Morgan fingerprint density at radius 2 is 2.08 bits per heavy atom. The molecule has 1 aromatic heterocycles. The van der Waals surface area contributed by atoms with Crippen molar-refractivity contribution in [3.63, 3.8) is 0 Å². The molecular formula is C17H19ClN2O3S. The lowest BCUT2D eigenvalue weighted by Gasteiger charge is -2.26. The standard InChI is InChI=1S/C17H19ClN2O3S/c1-3-11(2)20(9-16(22)23)15(21)8-12-10-24-17(19-12)13-6-4-5-7-14(13)18/h4-7,10-11H,3,8-9H2,1-2H3,(H,22,23). The number of thiazole rings is 1. The molecule has 5 nitrogen and oxygen atoms in total. The number of carboxylic acid groups (broad SMARTS) is 1. The summed E-state index contributed by atoms with van der Waals surface area (Å²) in [6.07, 6.45) is 0.777. The molecule has 0 radical (unpaired) electrons. The summed E-state index contributed by atoms with van der Waals surface area (Å²) < 4.78 is 0. The number of carbonyl (C=O) groups excluding carboxylic acids is 1. The normalized spacial score (nSPS) is 12.0. The van der Waals surface area contributed by atoms with E-state index in [2.05, 4.69) is 4.98 Å². The molecule has 1 atom stereocenters. The van der Waals surface area contributed by atoms with Crippen LogP contribution in [0, 0.1) is 0 Å². The molecule has 1 aromatic carbocycles. The van der Waals surface area contributed by atoms with Crippen LogP contribution in [0.25, 0.3) is 10.6 Å². The van der Waals surface area contributed by atoms with Crippen molar-refractivity contribution in [2.45, 2.75) is 32.7 Å². The third-order valence-corrected chi connectivity index (χ3v) is 4.99. The van der Waals surface area contributed by atoms with Gasteiger partial charge in [0.05, 0.1) is 17.1 Å². The SMILES string of the molecule is CCC(C)N(CC(=O)O)C(=O)Cc1csc(-c2ccccc2Cl)n1. The fourth-order valence-electron chi connectivity index (χ4n) is 2.26. The fraction of sp³-hybridized carbons (Fsp3) is 0.353. The molecule has 24 heavy (non-hydrogen) atoms. The number of hydrogen-bond acceptors (Lipinski definition) is 4. The minimum Gasteiger partial charge on any atom is -0.480 e. The van der Waals surface area contributed by atoms with Crippen molar-refractivity contribution >= 4 is 34.8 Å². The highest BCUT2D eigenvalue weighted by Crippen LogP contribution is 2.30. The number of nitrogens with zero attached hydrogens (tertiary/aromatic N) is 2. The van der Waals surface area contributed by atoms with Gasteiger partial charge in [-0.05, 0) is 19.4 Å². The van der Waals surface area contributed by atoms with Crippen LogP contribution >= 0.6 is 22.9 Å². The molecule has 0 spiro atoms. The summed E-state index contributed by atoms with van der Waals surface area (Å²) in [4.78, 5) is 29.3. The third kappa shape index (κ3) is 4.55. The molecule has 2 aromatic rings. The van der Waals surface area contributed by atoms with Gasteiger partial charge in [0.1, 0.15) is 11.6 Å². The summed E-state index contributed by atoms with van der Waals surface area (Å²) in [6, 6.07) is 7.27. The summed E-state index contributed by atoms with van der Waals surface area (Å²) in [6.45, 7) is 3.47. The minimum absolute atomic E-state index is 0.0819. The van der Waals surface area contributed by atoms with Gasteiger partial charge in [0.25, 0.3) is 0 Å². The first-order chi connectivity index (χ1) is 11.4. The Bertz CT molecular complexity index is 732. The molecule has 1 amide bonds. The van der Waals surface area contributed by atoms with Crippen LogP contribution in [0.2, 0.25) is 5.02 Å². The smallest absolute Gasteiger partial charge is 0.323 e. The van der Waals surface area contributed by atoms with Gasteiger partial charge in [0.15, 0.2) is 0 Å². The predicted octanol–water partition coefficient (Wildman–Crippen LogP) is 3.72. The Hall–Kier alpha value is -1.92. The van der Waals surface area contributed by atoms with Crippen molar-refractivity contribution in [2.24, 2.45) is 0 Å². The Labute approximate surface area is 149 Å². The summed E-state index contributed by atoms with van der Waals surface area (Å²) >= 11 is 7.58. The number of benzene rings is 1. The Morgan fingerprint density at radius 1 is 1.38 bits per heavy atom. The topological polar surface area (TPSA) is 70.5 Å². The van der Waals surface area contributed by atoms with E-state index >= 15 is 0 Å². The number of rotatable bonds is 7. The van der Waals surface area contributed by atoms with Gasteiger partial charge in [0, 0.05) is 17.0 Å². The van der Waals surface area contributed by atoms with Gasteiger partial charge in [-0.2, -0.15) is 0 Å². The van der Waals surface area contributed by atoms with Gasteiger partial charge in [0.2, 0.25) is 5.91 Å². The Morgan fingerprint density at radius 3 is 2.71 bits per heavy atom. The van der Waals surface area contributed by atoms with Crippen LogP contribution in [-0.2, 0) is 16.0 Å². The number of aromatic nitrogens is 1. The van der Waals surface area contributed by atoms with Crippen molar-refractivity contribution in [1.29, 1.82) is 0 Å². The molecule has 128 valence electrons. The van der Waals surface area contributed by atoms with Crippen LogP contribution in [0.3, 0.4) is 0 Å². The van der Waals surface area contributed by atoms with E-state index in [4.69, 9.17) is 16.7 Å². The monoisotopic (exact) mass is 366 g/mol. The fourth-order valence-corrected chi connectivity index (χ4v) is 3.40. The van der Waals surface area contributed by atoms with Gasteiger partial charge in [-0.15, -0.1) is 11.3 Å². The summed E-state index contributed by atoms with van der Waals surface area (Å²) in [5, 5.41) is 12.2. The quantitative estimate of drug-likeness (QED) is 0.810. The van der Waals surface area contributed by atoms with Crippen molar-refractivity contribution in [3.05, 3.63) is 40.4 Å². The largest absolute Gasteiger partial charge is 0.480 e. The van der Waals surface area contributed by atoms with E-state index in [0.717, 1.165) is 10.6 Å². The molecule has 0 bridgehead atoms. The molecule has 1 N–H and O–H groups in total. The summed E-state index contributed by atoms with van der Waals surface area (Å²) in [5.41, 5.74) is 1.45. The van der Waals surface area contributed by atoms with E-state index in [1.807, 2.05) is 37.4 Å². The van der Waals surface area contributed by atoms with Gasteiger partial charge < -0.3 is 10.0 Å². The second-order valence-electron chi connectivity index (χ2n) is 5.47. The van der Waals surface area contributed by atoms with Crippen LogP contribution in [0.15, 0.2) is 29.6 Å². The zero-order chi connectivity index (χ0) is 17.7. The number of aliphatic carboxylic acids is 1. The van der Waals surface area contributed by atoms with Gasteiger partial charge in [-0.25, -0.2) is 4.98 Å². The second kappa shape index (κ2) is 8.26. The van der Waals surface area contributed by atoms with E-state index in [1.165, 1.54) is 16.2 Å². The van der Waals surface area contributed by atoms with Crippen LogP contribution in [0.1, 0.15) is 26.0 Å². The van der Waals surface area contributed by atoms with Gasteiger partial charge in [-0.3, -0.25) is 9.59 Å². The lowest BCUT2D eigenvalue weighted by Crippen LogP contribution is -2.42. The summed E-state index contributed by atoms with van der Waals surface area (Å²) in [5.74, 6) is -1.25. The number of amides is 1. The van der Waals surface area contributed by atoms with Crippen LogP contribution in [0.4, 0.5) is 0 Å². The Kier molecular flexibility index (Phi) is 6.34. The zero-order valence-electron chi connectivity index (χ0n) is 13.5. The molecule has 7 heteroatoms. The van der Waals surface area contributed by atoms with E-state index in [-0.39, 0.29) is 24.9 Å². The lowest BCUT2D eigenvalue weighted by atomic mass is 10.2. The maximum atomic E-state index is 12.5. The summed E-state index contributed by atoms with van der Waals surface area (Å²) in [7, 11) is 0. The molecule has 1 heterocycles. The molecular weight excluding hydrogens is 348 g/mol. The highest BCUT2D eigenvalue weighted by molar-refractivity contribution is 7.13. The first-order valence-corrected chi connectivity index (χ1v) is 8.88. The van der Waals surface area contributed by atoms with E-state index in [1.54, 1.807) is 6.07 Å². The van der Waals surface area contributed by atoms with Crippen molar-refractivity contribution < 1.29 is 14.7 Å². The van der Waals surface area contributed by atoms with E-state index in [9.17, 15) is 9.59 Å². The third-order valence-electron chi connectivity index (χ3n) is 3.74. The maximum absolute atomic E-state index is 12.5. The Balaban J connectivity index is 2.14. The molecule has 0 aliphatic carbocycles. The van der Waals surface area contributed by atoms with E-state index in [0.29, 0.717) is 17.1 Å². The molecule has 2 rings (SSSR count). The average Bonchev–Trinajstić information content (AvgIpc) is 3.00. The number of halogens is 1. The first kappa shape index (κ1) is 18.4. The highest BCUT2D eigenvalue weighted by Gasteiger charge is 2.22. The van der Waals surface area contributed by atoms with Crippen molar-refractivity contribution in [2.75, 3.05) is 6.54 Å². The molecule has 0 aliphatic rings. The predicted molar refractivity (Wildman–Crippen MR) is 95.4 cm³/mol.